The van der Waals surface area contributed by atoms with Crippen LogP contribution in [0.2, 0.25) is 0 Å². The average Bonchev–Trinajstić information content (AvgIpc) is 2.64. The van der Waals surface area contributed by atoms with Gasteiger partial charge in [0, 0.05) is 32.4 Å². The van der Waals surface area contributed by atoms with Crippen molar-refractivity contribution in [3.05, 3.63) is 65.7 Å². The normalized spacial score (nSPS) is 15.9. The van der Waals surface area contributed by atoms with Crippen molar-refractivity contribution in [1.82, 2.24) is 4.90 Å². The Bertz CT molecular complexity index is 647. The van der Waals surface area contributed by atoms with Gasteiger partial charge in [-0.05, 0) is 42.7 Å². The SMILES string of the molecule is CNc1ccc(C(=O)OC2CCN(Cc3ccccc3)CC2)cc1. The second kappa shape index (κ2) is 7.97. The zero-order chi connectivity index (χ0) is 16.8. The van der Waals surface area contributed by atoms with Crippen LogP contribution >= 0.6 is 0 Å². The first-order valence-electron chi connectivity index (χ1n) is 8.49. The molecule has 4 nitrogen and oxygen atoms in total. The number of carbonyl (C=O) groups excluding carboxylic acids is 1. The molecule has 0 aromatic heterocycles. The van der Waals surface area contributed by atoms with Gasteiger partial charge in [-0.15, -0.1) is 0 Å². The van der Waals surface area contributed by atoms with E-state index in [1.165, 1.54) is 5.56 Å². The van der Waals surface area contributed by atoms with Gasteiger partial charge < -0.3 is 10.1 Å². The van der Waals surface area contributed by atoms with Crippen LogP contribution in [0.15, 0.2) is 54.6 Å². The molecule has 0 saturated carbocycles. The topological polar surface area (TPSA) is 41.6 Å². The van der Waals surface area contributed by atoms with E-state index in [0.29, 0.717) is 5.56 Å². The fraction of sp³-hybridized carbons (Fsp3) is 0.350. The molecule has 1 N–H and O–H groups in total. The molecule has 0 radical (unpaired) electrons. The molecular formula is C20H24N2O2. The summed E-state index contributed by atoms with van der Waals surface area (Å²) in [5.41, 5.74) is 2.93. The number of piperidine rings is 1. The van der Waals surface area contributed by atoms with Gasteiger partial charge in [0.2, 0.25) is 0 Å². The van der Waals surface area contributed by atoms with E-state index in [2.05, 4.69) is 34.5 Å². The van der Waals surface area contributed by atoms with Crippen molar-refractivity contribution < 1.29 is 9.53 Å². The molecule has 2 aromatic carbocycles. The Morgan fingerprint density at radius 2 is 1.75 bits per heavy atom. The van der Waals surface area contributed by atoms with Crippen molar-refractivity contribution in [3.8, 4) is 0 Å². The largest absolute Gasteiger partial charge is 0.459 e. The summed E-state index contributed by atoms with van der Waals surface area (Å²) in [5, 5.41) is 3.04. The maximum absolute atomic E-state index is 12.2. The van der Waals surface area contributed by atoms with Crippen LogP contribution in [0.25, 0.3) is 0 Å². The maximum Gasteiger partial charge on any atom is 0.338 e. The number of anilines is 1. The highest BCUT2D eigenvalue weighted by Crippen LogP contribution is 2.18. The van der Waals surface area contributed by atoms with E-state index < -0.39 is 0 Å². The first-order chi connectivity index (χ1) is 11.7. The summed E-state index contributed by atoms with van der Waals surface area (Å²) >= 11 is 0. The van der Waals surface area contributed by atoms with Crippen LogP contribution in [0.3, 0.4) is 0 Å². The predicted molar refractivity (Wildman–Crippen MR) is 96.1 cm³/mol. The van der Waals surface area contributed by atoms with Gasteiger partial charge in [-0.3, -0.25) is 4.90 Å². The first kappa shape index (κ1) is 16.5. The van der Waals surface area contributed by atoms with E-state index in [4.69, 9.17) is 4.74 Å². The summed E-state index contributed by atoms with van der Waals surface area (Å²) in [6.45, 7) is 2.89. The van der Waals surface area contributed by atoms with Gasteiger partial charge in [0.05, 0.1) is 5.56 Å². The number of rotatable bonds is 5. The van der Waals surface area contributed by atoms with Crippen molar-refractivity contribution in [2.24, 2.45) is 0 Å². The number of ether oxygens (including phenoxy) is 1. The van der Waals surface area contributed by atoms with Crippen LogP contribution in [0, 0.1) is 0 Å². The lowest BCUT2D eigenvalue weighted by Gasteiger charge is -2.31. The van der Waals surface area contributed by atoms with Gasteiger partial charge in [-0.2, -0.15) is 0 Å². The Hall–Kier alpha value is -2.33. The van der Waals surface area contributed by atoms with Gasteiger partial charge in [0.25, 0.3) is 0 Å². The fourth-order valence-corrected chi connectivity index (χ4v) is 3.02. The number of hydrogen-bond acceptors (Lipinski definition) is 4. The molecule has 0 bridgehead atoms. The molecule has 1 fully saturated rings. The third-order valence-corrected chi connectivity index (χ3v) is 4.47. The highest BCUT2D eigenvalue weighted by molar-refractivity contribution is 5.89. The van der Waals surface area contributed by atoms with Crippen molar-refractivity contribution in [2.45, 2.75) is 25.5 Å². The Morgan fingerprint density at radius 3 is 2.38 bits per heavy atom. The van der Waals surface area contributed by atoms with Gasteiger partial charge in [-0.25, -0.2) is 4.79 Å². The predicted octanol–water partition coefficient (Wildman–Crippen LogP) is 3.55. The maximum atomic E-state index is 12.2. The van der Waals surface area contributed by atoms with Crippen molar-refractivity contribution in [2.75, 3.05) is 25.5 Å². The molecule has 0 atom stereocenters. The molecule has 0 spiro atoms. The molecule has 2 aromatic rings. The lowest BCUT2D eigenvalue weighted by molar-refractivity contribution is 0.0104. The zero-order valence-corrected chi connectivity index (χ0v) is 14.1. The van der Waals surface area contributed by atoms with Crippen LogP contribution in [-0.2, 0) is 11.3 Å². The third-order valence-electron chi connectivity index (χ3n) is 4.47. The van der Waals surface area contributed by atoms with E-state index in [-0.39, 0.29) is 12.1 Å². The fourth-order valence-electron chi connectivity index (χ4n) is 3.02. The number of likely N-dealkylation sites (tertiary alicyclic amines) is 1. The molecule has 0 unspecified atom stereocenters. The summed E-state index contributed by atoms with van der Waals surface area (Å²) in [6.07, 6.45) is 1.81. The average molecular weight is 324 g/mol. The lowest BCUT2D eigenvalue weighted by Crippen LogP contribution is -2.37. The number of nitrogens with one attached hydrogen (secondary N) is 1. The van der Waals surface area contributed by atoms with Crippen molar-refractivity contribution >= 4 is 11.7 Å². The first-order valence-corrected chi connectivity index (χ1v) is 8.49. The van der Waals surface area contributed by atoms with E-state index in [0.717, 1.165) is 38.2 Å². The quantitative estimate of drug-likeness (QED) is 0.854. The van der Waals surface area contributed by atoms with E-state index in [1.807, 2.05) is 25.2 Å². The summed E-state index contributed by atoms with van der Waals surface area (Å²) in [7, 11) is 1.86. The van der Waals surface area contributed by atoms with E-state index >= 15 is 0 Å². The minimum atomic E-state index is -0.223. The third kappa shape index (κ3) is 4.36. The molecule has 3 rings (SSSR count). The van der Waals surface area contributed by atoms with Gasteiger partial charge in [-0.1, -0.05) is 30.3 Å². The molecule has 1 aliphatic heterocycles. The minimum absolute atomic E-state index is 0.0218. The van der Waals surface area contributed by atoms with E-state index in [9.17, 15) is 4.79 Å². The summed E-state index contributed by atoms with van der Waals surface area (Å²) in [6, 6.07) is 17.9. The van der Waals surface area contributed by atoms with Crippen LogP contribution in [0.4, 0.5) is 5.69 Å². The second-order valence-electron chi connectivity index (χ2n) is 6.19. The van der Waals surface area contributed by atoms with Crippen molar-refractivity contribution in [3.63, 3.8) is 0 Å². The van der Waals surface area contributed by atoms with Crippen LogP contribution in [0.5, 0.6) is 0 Å². The van der Waals surface area contributed by atoms with Gasteiger partial charge in [0.1, 0.15) is 6.10 Å². The Labute approximate surface area is 143 Å². The molecule has 24 heavy (non-hydrogen) atoms. The number of nitrogens with zero attached hydrogens (tertiary/aromatic N) is 1. The highest BCUT2D eigenvalue weighted by atomic mass is 16.5. The number of hydrogen-bond donors (Lipinski definition) is 1. The summed E-state index contributed by atoms with van der Waals surface area (Å²) in [5.74, 6) is -0.223. The Balaban J connectivity index is 1.47. The van der Waals surface area contributed by atoms with E-state index in [1.54, 1.807) is 12.1 Å². The highest BCUT2D eigenvalue weighted by Gasteiger charge is 2.22. The summed E-state index contributed by atoms with van der Waals surface area (Å²) in [4.78, 5) is 14.6. The molecule has 1 aliphatic rings. The second-order valence-corrected chi connectivity index (χ2v) is 6.19. The smallest absolute Gasteiger partial charge is 0.338 e. The molecule has 1 saturated heterocycles. The molecule has 1 heterocycles. The number of benzene rings is 2. The van der Waals surface area contributed by atoms with Crippen LogP contribution in [0.1, 0.15) is 28.8 Å². The molecular weight excluding hydrogens is 300 g/mol. The van der Waals surface area contributed by atoms with Gasteiger partial charge in [0.15, 0.2) is 0 Å². The Kier molecular flexibility index (Phi) is 5.49. The summed E-state index contributed by atoms with van der Waals surface area (Å²) < 4.78 is 5.66. The number of carbonyl (C=O) groups is 1. The standard InChI is InChI=1S/C20H24N2O2/c1-21-18-9-7-17(8-10-18)20(23)24-19-11-13-22(14-12-19)15-16-5-3-2-4-6-16/h2-10,19,21H,11-15H2,1H3. The molecule has 126 valence electrons. The van der Waals surface area contributed by atoms with Crippen LogP contribution in [-0.4, -0.2) is 37.1 Å². The van der Waals surface area contributed by atoms with Gasteiger partial charge >= 0.3 is 5.97 Å². The number of esters is 1. The minimum Gasteiger partial charge on any atom is -0.459 e. The molecule has 0 aliphatic carbocycles. The van der Waals surface area contributed by atoms with Crippen LogP contribution < -0.4 is 5.32 Å². The lowest BCUT2D eigenvalue weighted by atomic mass is 10.1. The molecule has 4 heteroatoms. The van der Waals surface area contributed by atoms with Crippen molar-refractivity contribution in [1.29, 1.82) is 0 Å². The zero-order valence-electron chi connectivity index (χ0n) is 14.1. The Morgan fingerprint density at radius 1 is 1.08 bits per heavy atom. The molecule has 0 amide bonds. The monoisotopic (exact) mass is 324 g/mol.